The van der Waals surface area contributed by atoms with Crippen molar-refractivity contribution in [3.8, 4) is 0 Å². The highest BCUT2D eigenvalue weighted by molar-refractivity contribution is 5.14. The predicted octanol–water partition coefficient (Wildman–Crippen LogP) is 3.03. The van der Waals surface area contributed by atoms with E-state index in [4.69, 9.17) is 9.15 Å². The van der Waals surface area contributed by atoms with Crippen molar-refractivity contribution in [2.45, 2.75) is 44.2 Å². The zero-order valence-corrected chi connectivity index (χ0v) is 14.5. The summed E-state index contributed by atoms with van der Waals surface area (Å²) in [5.41, 5.74) is 1.40. The molecule has 2 saturated heterocycles. The third-order valence-corrected chi connectivity index (χ3v) is 5.91. The molecule has 1 aromatic carbocycles. The van der Waals surface area contributed by atoms with Gasteiger partial charge in [-0.15, -0.1) is 10.2 Å². The van der Waals surface area contributed by atoms with Crippen molar-refractivity contribution in [3.05, 3.63) is 47.7 Å². The second kappa shape index (κ2) is 6.54. The lowest BCUT2D eigenvalue weighted by Gasteiger charge is -2.35. The summed E-state index contributed by atoms with van der Waals surface area (Å²) in [6, 6.07) is 10.8. The van der Waals surface area contributed by atoms with Crippen LogP contribution in [-0.2, 0) is 17.7 Å². The van der Waals surface area contributed by atoms with E-state index in [1.54, 1.807) is 0 Å². The third-order valence-electron chi connectivity index (χ3n) is 5.91. The molecule has 3 heterocycles. The van der Waals surface area contributed by atoms with Gasteiger partial charge in [0.15, 0.2) is 0 Å². The number of benzene rings is 1. The molecule has 5 nitrogen and oxygen atoms in total. The molecule has 2 aromatic rings. The maximum Gasteiger partial charge on any atom is 0.219 e. The number of nitrogens with zero attached hydrogens (tertiary/aromatic N) is 3. The average Bonchev–Trinajstić information content (AvgIpc) is 3.27. The van der Waals surface area contributed by atoms with Crippen molar-refractivity contribution in [1.82, 2.24) is 15.1 Å². The van der Waals surface area contributed by atoms with Crippen LogP contribution in [0.15, 0.2) is 34.7 Å². The van der Waals surface area contributed by atoms with Crippen LogP contribution in [0.3, 0.4) is 0 Å². The van der Waals surface area contributed by atoms with Crippen LogP contribution >= 0.6 is 0 Å². The van der Waals surface area contributed by atoms with E-state index in [0.717, 1.165) is 44.4 Å². The van der Waals surface area contributed by atoms with Crippen LogP contribution in [0.4, 0.5) is 0 Å². The van der Waals surface area contributed by atoms with Gasteiger partial charge in [-0.1, -0.05) is 30.3 Å². The fraction of sp³-hybridized carbons (Fsp3) is 0.600. The predicted molar refractivity (Wildman–Crippen MR) is 93.0 cm³/mol. The molecule has 5 heteroatoms. The van der Waals surface area contributed by atoms with Gasteiger partial charge in [-0.3, -0.25) is 4.90 Å². The third kappa shape index (κ3) is 3.35. The fourth-order valence-corrected chi connectivity index (χ4v) is 4.37. The topological polar surface area (TPSA) is 51.4 Å². The van der Waals surface area contributed by atoms with E-state index in [2.05, 4.69) is 45.4 Å². The molecule has 1 aromatic heterocycles. The first-order valence-electron chi connectivity index (χ1n) is 9.55. The number of aromatic nitrogens is 2. The van der Waals surface area contributed by atoms with Crippen molar-refractivity contribution < 1.29 is 9.15 Å². The largest absolute Gasteiger partial charge is 0.425 e. The molecule has 3 fully saturated rings. The van der Waals surface area contributed by atoms with Crippen LogP contribution in [-0.4, -0.2) is 40.9 Å². The van der Waals surface area contributed by atoms with Crippen molar-refractivity contribution in [3.63, 3.8) is 0 Å². The standard InChI is InChI=1S/C20H25N3O2/c1-2-4-14(5-3-1)11-23-9-8-17-16(12-23)13-24-18(17)10-19-21-22-20(25-19)15-6-7-15/h1-5,15-18H,6-13H2/t16-,17-,18+/m1/s1. The maximum atomic E-state index is 6.13. The molecule has 25 heavy (non-hydrogen) atoms. The Morgan fingerprint density at radius 2 is 1.96 bits per heavy atom. The smallest absolute Gasteiger partial charge is 0.219 e. The molecule has 3 atom stereocenters. The van der Waals surface area contributed by atoms with Crippen LogP contribution in [0.25, 0.3) is 0 Å². The quantitative estimate of drug-likeness (QED) is 0.838. The Labute approximate surface area is 148 Å². The van der Waals surface area contributed by atoms with Gasteiger partial charge in [0.05, 0.1) is 19.1 Å². The van der Waals surface area contributed by atoms with Crippen molar-refractivity contribution in [2.75, 3.05) is 19.7 Å². The lowest BCUT2D eigenvalue weighted by Crippen LogP contribution is -2.41. The van der Waals surface area contributed by atoms with E-state index in [9.17, 15) is 0 Å². The van der Waals surface area contributed by atoms with Crippen LogP contribution in [0, 0.1) is 11.8 Å². The molecule has 0 N–H and O–H groups in total. The zero-order chi connectivity index (χ0) is 16.6. The summed E-state index contributed by atoms with van der Waals surface area (Å²) in [4.78, 5) is 2.57. The molecule has 1 aliphatic carbocycles. The summed E-state index contributed by atoms with van der Waals surface area (Å²) in [6.45, 7) is 4.19. The number of piperidine rings is 1. The van der Waals surface area contributed by atoms with E-state index in [1.165, 1.54) is 24.8 Å². The lowest BCUT2D eigenvalue weighted by atomic mass is 9.83. The number of hydrogen-bond donors (Lipinski definition) is 0. The summed E-state index contributed by atoms with van der Waals surface area (Å²) < 4.78 is 12.0. The molecule has 132 valence electrons. The second-order valence-electron chi connectivity index (χ2n) is 7.82. The SMILES string of the molecule is c1ccc(CN2CC[C@@H]3[C@@H](CO[C@H]3Cc3nnc(C4CC4)o3)C2)cc1. The highest BCUT2D eigenvalue weighted by Gasteiger charge is 2.41. The minimum atomic E-state index is 0.247. The van der Waals surface area contributed by atoms with Crippen molar-refractivity contribution in [1.29, 1.82) is 0 Å². The molecule has 0 radical (unpaired) electrons. The minimum absolute atomic E-state index is 0.247. The summed E-state index contributed by atoms with van der Waals surface area (Å²) in [7, 11) is 0. The Bertz CT molecular complexity index is 713. The number of ether oxygens (including phenoxy) is 1. The molecule has 2 aliphatic heterocycles. The molecular weight excluding hydrogens is 314 g/mol. The van der Waals surface area contributed by atoms with Crippen molar-refractivity contribution in [2.24, 2.45) is 11.8 Å². The summed E-state index contributed by atoms with van der Waals surface area (Å²) in [5, 5.41) is 8.44. The van der Waals surface area contributed by atoms with Gasteiger partial charge in [-0.25, -0.2) is 0 Å². The molecule has 0 unspecified atom stereocenters. The Morgan fingerprint density at radius 3 is 2.80 bits per heavy atom. The Balaban J connectivity index is 1.18. The minimum Gasteiger partial charge on any atom is -0.425 e. The molecule has 5 rings (SSSR count). The van der Waals surface area contributed by atoms with Crippen LogP contribution < -0.4 is 0 Å². The fourth-order valence-electron chi connectivity index (χ4n) is 4.37. The first-order chi connectivity index (χ1) is 12.3. The number of likely N-dealkylation sites (tertiary alicyclic amines) is 1. The van der Waals surface area contributed by atoms with E-state index < -0.39 is 0 Å². The highest BCUT2D eigenvalue weighted by Crippen LogP contribution is 2.40. The molecule has 1 saturated carbocycles. The number of hydrogen-bond acceptors (Lipinski definition) is 5. The first kappa shape index (κ1) is 15.5. The Hall–Kier alpha value is -1.72. The van der Waals surface area contributed by atoms with E-state index in [0.29, 0.717) is 17.8 Å². The van der Waals surface area contributed by atoms with Gasteiger partial charge in [0.2, 0.25) is 11.8 Å². The zero-order valence-electron chi connectivity index (χ0n) is 14.5. The normalized spacial score (nSPS) is 29.7. The Morgan fingerprint density at radius 1 is 1.08 bits per heavy atom. The molecule has 0 bridgehead atoms. The number of rotatable bonds is 5. The van der Waals surface area contributed by atoms with Crippen LogP contribution in [0.2, 0.25) is 0 Å². The average molecular weight is 339 g/mol. The molecule has 3 aliphatic rings. The highest BCUT2D eigenvalue weighted by atomic mass is 16.5. The molecule has 0 amide bonds. The van der Waals surface area contributed by atoms with E-state index >= 15 is 0 Å². The molecular formula is C20H25N3O2. The Kier molecular flexibility index (Phi) is 4.06. The van der Waals surface area contributed by atoms with Gasteiger partial charge in [-0.2, -0.15) is 0 Å². The second-order valence-corrected chi connectivity index (χ2v) is 7.82. The van der Waals surface area contributed by atoms with Gasteiger partial charge in [0.25, 0.3) is 0 Å². The number of fused-ring (bicyclic) bond motifs is 1. The van der Waals surface area contributed by atoms with Gasteiger partial charge in [-0.05, 0) is 37.3 Å². The summed E-state index contributed by atoms with van der Waals surface area (Å²) in [5.74, 6) is 3.39. The molecule has 0 spiro atoms. The van der Waals surface area contributed by atoms with Crippen LogP contribution in [0.1, 0.15) is 42.5 Å². The lowest BCUT2D eigenvalue weighted by molar-refractivity contribution is 0.0793. The maximum absolute atomic E-state index is 6.13. The first-order valence-corrected chi connectivity index (χ1v) is 9.55. The van der Waals surface area contributed by atoms with Gasteiger partial charge >= 0.3 is 0 Å². The monoisotopic (exact) mass is 339 g/mol. The van der Waals surface area contributed by atoms with Crippen LogP contribution in [0.5, 0.6) is 0 Å². The van der Waals surface area contributed by atoms with Gasteiger partial charge in [0.1, 0.15) is 0 Å². The summed E-state index contributed by atoms with van der Waals surface area (Å²) >= 11 is 0. The van der Waals surface area contributed by atoms with Crippen molar-refractivity contribution >= 4 is 0 Å². The van der Waals surface area contributed by atoms with Gasteiger partial charge < -0.3 is 9.15 Å². The van der Waals surface area contributed by atoms with E-state index in [-0.39, 0.29) is 6.10 Å². The van der Waals surface area contributed by atoms with E-state index in [1.807, 2.05) is 0 Å². The summed E-state index contributed by atoms with van der Waals surface area (Å²) in [6.07, 6.45) is 4.62. The van der Waals surface area contributed by atoms with Gasteiger partial charge in [0, 0.05) is 24.9 Å².